The molecule has 0 saturated carbocycles. The van der Waals surface area contributed by atoms with E-state index in [0.717, 1.165) is 24.3 Å². The molecule has 6 heteroatoms. The van der Waals surface area contributed by atoms with Crippen molar-refractivity contribution in [2.24, 2.45) is 0 Å². The molecule has 0 aromatic heterocycles. The molecule has 2 rings (SSSR count). The number of aromatic hydroxyl groups is 1. The lowest BCUT2D eigenvalue weighted by atomic mass is 10.1. The summed E-state index contributed by atoms with van der Waals surface area (Å²) in [6.45, 7) is 7.37. The van der Waals surface area contributed by atoms with Crippen LogP contribution in [0, 0.1) is 0 Å². The number of alkyl carbamates (subject to hydrolysis) is 1. The van der Waals surface area contributed by atoms with E-state index in [1.165, 1.54) is 0 Å². The van der Waals surface area contributed by atoms with Gasteiger partial charge < -0.3 is 25.2 Å². The molecule has 0 radical (unpaired) electrons. The van der Waals surface area contributed by atoms with Crippen LogP contribution in [0.2, 0.25) is 0 Å². The van der Waals surface area contributed by atoms with Crippen LogP contribution in [-0.4, -0.2) is 36.5 Å². The highest BCUT2D eigenvalue weighted by Gasteiger charge is 2.23. The Morgan fingerprint density at radius 1 is 1.41 bits per heavy atom. The Morgan fingerprint density at radius 3 is 2.91 bits per heavy atom. The summed E-state index contributed by atoms with van der Waals surface area (Å²) < 4.78 is 10.7. The van der Waals surface area contributed by atoms with E-state index >= 15 is 0 Å². The van der Waals surface area contributed by atoms with Gasteiger partial charge in [0.25, 0.3) is 0 Å². The third kappa shape index (κ3) is 4.80. The van der Waals surface area contributed by atoms with Gasteiger partial charge in [0, 0.05) is 18.2 Å². The first-order valence-corrected chi connectivity index (χ1v) is 7.51. The van der Waals surface area contributed by atoms with Gasteiger partial charge in [-0.3, -0.25) is 0 Å². The summed E-state index contributed by atoms with van der Waals surface area (Å²) in [5, 5.41) is 15.5. The van der Waals surface area contributed by atoms with Gasteiger partial charge in [0.05, 0.1) is 6.04 Å². The topological polar surface area (TPSA) is 79.8 Å². The smallest absolute Gasteiger partial charge is 0.407 e. The number of phenols is 1. The van der Waals surface area contributed by atoms with E-state index in [0.29, 0.717) is 13.2 Å². The molecule has 1 heterocycles. The first-order chi connectivity index (χ1) is 10.3. The minimum Gasteiger partial charge on any atom is -0.508 e. The number of rotatable bonds is 5. The number of fused-ring (bicyclic) bond motifs is 1. The van der Waals surface area contributed by atoms with Gasteiger partial charge in [-0.25, -0.2) is 4.79 Å². The molecule has 1 aliphatic rings. The predicted molar refractivity (Wildman–Crippen MR) is 83.2 cm³/mol. The lowest BCUT2D eigenvalue weighted by Gasteiger charge is -2.19. The Labute approximate surface area is 130 Å². The fourth-order valence-electron chi connectivity index (χ4n) is 2.24. The van der Waals surface area contributed by atoms with Crippen molar-refractivity contribution in [2.75, 3.05) is 19.7 Å². The van der Waals surface area contributed by atoms with Crippen molar-refractivity contribution in [2.45, 2.75) is 38.8 Å². The quantitative estimate of drug-likeness (QED) is 0.728. The second-order valence-electron chi connectivity index (χ2n) is 6.32. The van der Waals surface area contributed by atoms with Crippen LogP contribution in [0.25, 0.3) is 0 Å². The summed E-state index contributed by atoms with van der Waals surface area (Å²) >= 11 is 0. The van der Waals surface area contributed by atoms with Gasteiger partial charge in [-0.15, -0.1) is 0 Å². The van der Waals surface area contributed by atoms with Gasteiger partial charge in [0.2, 0.25) is 0 Å². The zero-order chi connectivity index (χ0) is 16.2. The monoisotopic (exact) mass is 308 g/mol. The molecular weight excluding hydrogens is 284 g/mol. The molecule has 1 aromatic rings. The minimum atomic E-state index is -0.473. The Hall–Kier alpha value is -1.95. The van der Waals surface area contributed by atoms with Crippen LogP contribution in [0.15, 0.2) is 18.2 Å². The number of benzene rings is 1. The molecule has 3 N–H and O–H groups in total. The molecule has 1 atom stereocenters. The van der Waals surface area contributed by atoms with E-state index in [1.807, 2.05) is 26.8 Å². The number of nitrogens with one attached hydrogen (secondary N) is 2. The lowest BCUT2D eigenvalue weighted by molar-refractivity contribution is 0.0527. The van der Waals surface area contributed by atoms with Crippen LogP contribution in [-0.2, 0) is 4.74 Å². The number of phenolic OH excluding ortho intramolecular Hbond substituents is 1. The third-order valence-corrected chi connectivity index (χ3v) is 3.19. The average molecular weight is 308 g/mol. The van der Waals surface area contributed by atoms with Gasteiger partial charge in [0.15, 0.2) is 0 Å². The van der Waals surface area contributed by atoms with E-state index in [-0.39, 0.29) is 11.8 Å². The number of amides is 1. The number of hydrogen-bond acceptors (Lipinski definition) is 5. The Balaban J connectivity index is 1.66. The predicted octanol–water partition coefficient (Wildman–Crippen LogP) is 2.33. The molecule has 1 aliphatic heterocycles. The highest BCUT2D eigenvalue weighted by Crippen LogP contribution is 2.34. The molecule has 0 aliphatic carbocycles. The van der Waals surface area contributed by atoms with Crippen molar-refractivity contribution in [1.29, 1.82) is 0 Å². The van der Waals surface area contributed by atoms with E-state index in [2.05, 4.69) is 10.6 Å². The molecule has 0 fully saturated rings. The minimum absolute atomic E-state index is 0.122. The van der Waals surface area contributed by atoms with Crippen LogP contribution in [0.5, 0.6) is 11.5 Å². The highest BCUT2D eigenvalue weighted by atomic mass is 16.6. The van der Waals surface area contributed by atoms with Gasteiger partial charge in [-0.05, 0) is 45.9 Å². The molecule has 122 valence electrons. The maximum atomic E-state index is 11.5. The highest BCUT2D eigenvalue weighted by molar-refractivity contribution is 5.67. The van der Waals surface area contributed by atoms with Crippen LogP contribution in [0.3, 0.4) is 0 Å². The summed E-state index contributed by atoms with van der Waals surface area (Å²) in [6, 6.07) is 5.28. The number of ether oxygens (including phenoxy) is 2. The van der Waals surface area contributed by atoms with Crippen LogP contribution < -0.4 is 15.4 Å². The maximum Gasteiger partial charge on any atom is 0.407 e. The second kappa shape index (κ2) is 6.87. The van der Waals surface area contributed by atoms with E-state index in [9.17, 15) is 9.90 Å². The zero-order valence-corrected chi connectivity index (χ0v) is 13.3. The first-order valence-electron chi connectivity index (χ1n) is 7.51. The SMILES string of the molecule is CC(C)(C)OC(=O)NCCCNC1COc2cc(O)ccc21. The molecule has 6 nitrogen and oxygen atoms in total. The van der Waals surface area contributed by atoms with Crippen molar-refractivity contribution >= 4 is 6.09 Å². The van der Waals surface area contributed by atoms with Crippen molar-refractivity contribution < 1.29 is 19.4 Å². The molecule has 0 bridgehead atoms. The molecule has 0 spiro atoms. The summed E-state index contributed by atoms with van der Waals surface area (Å²) in [4.78, 5) is 11.5. The van der Waals surface area contributed by atoms with E-state index in [1.54, 1.807) is 12.1 Å². The maximum absolute atomic E-state index is 11.5. The fraction of sp³-hybridized carbons (Fsp3) is 0.562. The van der Waals surface area contributed by atoms with Crippen LogP contribution >= 0.6 is 0 Å². The summed E-state index contributed by atoms with van der Waals surface area (Å²) in [7, 11) is 0. The van der Waals surface area contributed by atoms with Crippen molar-refractivity contribution in [1.82, 2.24) is 10.6 Å². The fourth-order valence-corrected chi connectivity index (χ4v) is 2.24. The molecular formula is C16H24N2O4. The largest absolute Gasteiger partial charge is 0.508 e. The second-order valence-corrected chi connectivity index (χ2v) is 6.32. The van der Waals surface area contributed by atoms with Gasteiger partial charge in [-0.2, -0.15) is 0 Å². The normalized spacial score (nSPS) is 16.8. The summed E-state index contributed by atoms with van der Waals surface area (Å²) in [6.07, 6.45) is 0.404. The lowest BCUT2D eigenvalue weighted by Crippen LogP contribution is -2.34. The van der Waals surface area contributed by atoms with E-state index in [4.69, 9.17) is 9.47 Å². The van der Waals surface area contributed by atoms with Crippen molar-refractivity contribution in [3.05, 3.63) is 23.8 Å². The summed E-state index contributed by atoms with van der Waals surface area (Å²) in [5.41, 5.74) is 0.580. The standard InChI is InChI=1S/C16H24N2O4/c1-16(2,3)22-15(20)18-8-4-7-17-13-10-21-14-9-11(19)5-6-12(13)14/h5-6,9,13,17,19H,4,7-8,10H2,1-3H3,(H,18,20). The zero-order valence-electron chi connectivity index (χ0n) is 13.3. The van der Waals surface area contributed by atoms with Gasteiger partial charge in [-0.1, -0.05) is 0 Å². The summed E-state index contributed by atoms with van der Waals surface area (Å²) in [5.74, 6) is 0.936. The van der Waals surface area contributed by atoms with E-state index < -0.39 is 11.7 Å². The molecule has 1 unspecified atom stereocenters. The molecule has 0 saturated heterocycles. The van der Waals surface area contributed by atoms with Gasteiger partial charge >= 0.3 is 6.09 Å². The molecule has 1 amide bonds. The Morgan fingerprint density at radius 2 is 2.18 bits per heavy atom. The third-order valence-electron chi connectivity index (χ3n) is 3.19. The Bertz CT molecular complexity index is 525. The van der Waals surface area contributed by atoms with Crippen LogP contribution in [0.1, 0.15) is 38.8 Å². The number of hydrogen-bond donors (Lipinski definition) is 3. The average Bonchev–Trinajstić information content (AvgIpc) is 2.78. The van der Waals surface area contributed by atoms with Crippen molar-refractivity contribution in [3.63, 3.8) is 0 Å². The van der Waals surface area contributed by atoms with Crippen molar-refractivity contribution in [3.8, 4) is 11.5 Å². The molecule has 1 aromatic carbocycles. The number of carbonyl (C=O) groups is 1. The molecule has 22 heavy (non-hydrogen) atoms. The number of carbonyl (C=O) groups excluding carboxylic acids is 1. The van der Waals surface area contributed by atoms with Crippen LogP contribution in [0.4, 0.5) is 4.79 Å². The Kier molecular flexibility index (Phi) is 5.13. The first kappa shape index (κ1) is 16.4. The van der Waals surface area contributed by atoms with Gasteiger partial charge in [0.1, 0.15) is 23.7 Å².